The number of hydrogen-bond acceptors (Lipinski definition) is 6. The molecule has 1 amide bonds. The lowest BCUT2D eigenvalue weighted by Gasteiger charge is -2.65. The van der Waals surface area contributed by atoms with Crippen LogP contribution in [-0.4, -0.2) is 70.7 Å². The quantitative estimate of drug-likeness (QED) is 0.362. The summed E-state index contributed by atoms with van der Waals surface area (Å²) in [6, 6.07) is 23.3. The van der Waals surface area contributed by atoms with E-state index in [1.807, 2.05) is 42.5 Å². The van der Waals surface area contributed by atoms with E-state index in [2.05, 4.69) is 41.0 Å². The van der Waals surface area contributed by atoms with Gasteiger partial charge in [-0.2, -0.15) is 0 Å². The zero-order valence-electron chi connectivity index (χ0n) is 24.6. The summed E-state index contributed by atoms with van der Waals surface area (Å²) in [5, 5.41) is 11.0. The van der Waals surface area contributed by atoms with Crippen LogP contribution in [-0.2, 0) is 32.6 Å². The lowest BCUT2D eigenvalue weighted by atomic mass is 9.48. The van der Waals surface area contributed by atoms with Gasteiger partial charge in [0.2, 0.25) is 0 Å². The van der Waals surface area contributed by atoms with E-state index in [9.17, 15) is 14.7 Å². The summed E-state index contributed by atoms with van der Waals surface area (Å²) >= 11 is 0. The van der Waals surface area contributed by atoms with Crippen molar-refractivity contribution in [3.63, 3.8) is 0 Å². The highest BCUT2D eigenvalue weighted by molar-refractivity contribution is 5.94. The van der Waals surface area contributed by atoms with Gasteiger partial charge in [-0.05, 0) is 68.0 Å². The van der Waals surface area contributed by atoms with E-state index in [0.29, 0.717) is 31.4 Å². The number of phenols is 1. The number of rotatable bonds is 5. The Labute approximate surface area is 252 Å². The highest BCUT2D eigenvalue weighted by Gasteiger charge is 2.75. The minimum Gasteiger partial charge on any atom is -0.504 e. The number of hydrogen-bond donors (Lipinski definition) is 1. The number of benzene rings is 3. The predicted octanol–water partition coefficient (Wildman–Crippen LogP) is 4.24. The number of likely N-dealkylation sites (N-methyl/N-ethyl adjacent to an activating group) is 1. The molecule has 1 spiro atoms. The molecule has 2 aliphatic heterocycles. The fourth-order valence-electron chi connectivity index (χ4n) is 8.51. The summed E-state index contributed by atoms with van der Waals surface area (Å²) < 4.78 is 13.3. The molecule has 2 fully saturated rings. The summed E-state index contributed by atoms with van der Waals surface area (Å²) in [5.74, 6) is 5.75. The molecule has 2 aliphatic carbocycles. The average Bonchev–Trinajstić information content (AvgIpc) is 3.37. The Morgan fingerprint density at radius 2 is 1.81 bits per heavy atom. The van der Waals surface area contributed by atoms with Crippen molar-refractivity contribution in [2.75, 3.05) is 20.1 Å². The summed E-state index contributed by atoms with van der Waals surface area (Å²) in [7, 11) is 1.78. The Morgan fingerprint density at radius 1 is 1.07 bits per heavy atom. The Balaban J connectivity index is 1.28. The third-order valence-corrected chi connectivity index (χ3v) is 10.3. The molecule has 0 radical (unpaired) electrons. The summed E-state index contributed by atoms with van der Waals surface area (Å²) in [6.07, 6.45) is 2.96. The van der Waals surface area contributed by atoms with Crippen LogP contribution in [0.3, 0.4) is 0 Å². The van der Waals surface area contributed by atoms with Crippen molar-refractivity contribution in [3.05, 3.63) is 95.1 Å². The van der Waals surface area contributed by atoms with E-state index in [1.54, 1.807) is 18.0 Å². The van der Waals surface area contributed by atoms with Gasteiger partial charge in [0, 0.05) is 37.6 Å². The number of likely N-dealkylation sites (tertiary alicyclic amines) is 1. The van der Waals surface area contributed by atoms with Crippen LogP contribution >= 0.6 is 0 Å². The molecule has 3 aromatic carbocycles. The maximum atomic E-state index is 13.5. The third kappa shape index (κ3) is 4.23. The first-order valence-corrected chi connectivity index (χ1v) is 15.2. The van der Waals surface area contributed by atoms with Crippen molar-refractivity contribution in [2.24, 2.45) is 0 Å². The minimum absolute atomic E-state index is 0.0530. The van der Waals surface area contributed by atoms with Gasteiger partial charge in [-0.25, -0.2) is 0 Å². The van der Waals surface area contributed by atoms with E-state index in [4.69, 9.17) is 9.47 Å². The molecule has 2 bridgehead atoms. The lowest BCUT2D eigenvalue weighted by Crippen LogP contribution is -2.79. The van der Waals surface area contributed by atoms with Crippen LogP contribution in [0.25, 0.3) is 0 Å². The molecule has 7 heteroatoms. The molecule has 1 saturated carbocycles. The molecule has 3 aromatic rings. The van der Waals surface area contributed by atoms with Crippen molar-refractivity contribution >= 4 is 11.9 Å². The van der Waals surface area contributed by atoms with E-state index in [0.717, 1.165) is 36.2 Å². The number of phenolic OH excluding ortho intramolecular Hbond substituents is 1. The average molecular weight is 577 g/mol. The van der Waals surface area contributed by atoms with E-state index in [-0.39, 0.29) is 29.7 Å². The highest BCUT2D eigenvalue weighted by Crippen LogP contribution is 2.67. The molecule has 7 nitrogen and oxygen atoms in total. The SMILES string of the molecule is CC(=O)O[C@@]12CC[C@@H](N(C)C(=O)C#Cc3ccccc3)[C@@H]3Oc4c(O)ccc5c4[C@@]31CCN(CCc1ccccc1)[C@@H]2C5. The van der Waals surface area contributed by atoms with Gasteiger partial charge >= 0.3 is 5.97 Å². The number of carbonyl (C=O) groups excluding carboxylic acids is 2. The fourth-order valence-corrected chi connectivity index (χ4v) is 8.51. The Morgan fingerprint density at radius 3 is 2.56 bits per heavy atom. The molecule has 5 atom stereocenters. The van der Waals surface area contributed by atoms with Gasteiger partial charge in [-0.15, -0.1) is 0 Å². The van der Waals surface area contributed by atoms with Crippen LogP contribution in [0.15, 0.2) is 72.8 Å². The number of amides is 1. The van der Waals surface area contributed by atoms with Crippen LogP contribution < -0.4 is 4.74 Å². The largest absolute Gasteiger partial charge is 0.504 e. The molecule has 0 unspecified atom stereocenters. The third-order valence-electron chi connectivity index (χ3n) is 10.3. The Bertz CT molecular complexity index is 1630. The molecular weight excluding hydrogens is 540 g/mol. The number of ether oxygens (including phenoxy) is 2. The van der Waals surface area contributed by atoms with Crippen molar-refractivity contribution in [1.82, 2.24) is 9.80 Å². The summed E-state index contributed by atoms with van der Waals surface area (Å²) in [5.41, 5.74) is 2.58. The van der Waals surface area contributed by atoms with Crippen LogP contribution in [0.4, 0.5) is 0 Å². The topological polar surface area (TPSA) is 79.3 Å². The van der Waals surface area contributed by atoms with Gasteiger partial charge in [0.25, 0.3) is 5.91 Å². The number of nitrogens with zero attached hydrogens (tertiary/aromatic N) is 2. The molecule has 220 valence electrons. The predicted molar refractivity (Wildman–Crippen MR) is 162 cm³/mol. The lowest BCUT2D eigenvalue weighted by molar-refractivity contribution is -0.223. The van der Waals surface area contributed by atoms with Crippen LogP contribution in [0, 0.1) is 11.8 Å². The van der Waals surface area contributed by atoms with Crippen molar-refractivity contribution in [3.8, 4) is 23.3 Å². The molecular formula is C36H36N2O5. The molecule has 4 aliphatic rings. The Hall–Kier alpha value is -4.28. The molecule has 1 saturated heterocycles. The molecule has 0 aromatic heterocycles. The molecule has 1 N–H and O–H groups in total. The first-order valence-electron chi connectivity index (χ1n) is 15.2. The second kappa shape index (κ2) is 10.5. The van der Waals surface area contributed by atoms with Gasteiger partial charge in [0.05, 0.1) is 17.5 Å². The normalized spacial score (nSPS) is 28.1. The standard InChI is InChI=1S/C36H36N2O5/c1-24(39)43-36-19-17-28(37(2)31(41)16-13-25-9-5-3-6-10-25)34-35(36)20-22-38(21-18-26-11-7-4-8-12-26)30(36)23-27-14-15-29(40)33(42-34)32(27)35/h3-12,14-15,28,30,34,40H,17-23H2,1-2H3/t28-,30-,34+,35+,36-/m1/s1. The number of esters is 1. The molecule has 2 heterocycles. The zero-order valence-corrected chi connectivity index (χ0v) is 24.6. The maximum absolute atomic E-state index is 13.5. The Kier molecular flexibility index (Phi) is 6.70. The van der Waals surface area contributed by atoms with Gasteiger partial charge in [-0.3, -0.25) is 14.5 Å². The summed E-state index contributed by atoms with van der Waals surface area (Å²) in [6.45, 7) is 3.13. The van der Waals surface area contributed by atoms with Gasteiger partial charge in [-0.1, -0.05) is 60.5 Å². The number of piperidine rings is 1. The van der Waals surface area contributed by atoms with Crippen molar-refractivity contribution in [2.45, 2.75) is 68.2 Å². The first kappa shape index (κ1) is 27.5. The van der Waals surface area contributed by atoms with Crippen LogP contribution in [0.2, 0.25) is 0 Å². The van der Waals surface area contributed by atoms with Gasteiger partial charge in [0.1, 0.15) is 11.7 Å². The van der Waals surface area contributed by atoms with Gasteiger partial charge < -0.3 is 19.5 Å². The monoisotopic (exact) mass is 576 g/mol. The molecule has 7 rings (SSSR count). The van der Waals surface area contributed by atoms with E-state index < -0.39 is 17.1 Å². The van der Waals surface area contributed by atoms with Crippen molar-refractivity contribution in [1.29, 1.82) is 0 Å². The fraction of sp³-hybridized carbons (Fsp3) is 0.389. The van der Waals surface area contributed by atoms with Crippen LogP contribution in [0.5, 0.6) is 11.5 Å². The second-order valence-corrected chi connectivity index (χ2v) is 12.3. The minimum atomic E-state index is -0.847. The zero-order chi connectivity index (χ0) is 29.8. The number of aromatic hydroxyl groups is 1. The van der Waals surface area contributed by atoms with E-state index >= 15 is 0 Å². The van der Waals surface area contributed by atoms with Crippen LogP contribution in [0.1, 0.15) is 48.4 Å². The smallest absolute Gasteiger partial charge is 0.303 e. The van der Waals surface area contributed by atoms with Crippen molar-refractivity contribution < 1.29 is 24.2 Å². The second-order valence-electron chi connectivity index (χ2n) is 12.3. The van der Waals surface area contributed by atoms with E-state index in [1.165, 1.54) is 12.5 Å². The number of carbonyl (C=O) groups is 2. The first-order chi connectivity index (χ1) is 20.8. The van der Waals surface area contributed by atoms with Gasteiger partial charge in [0.15, 0.2) is 11.5 Å². The summed E-state index contributed by atoms with van der Waals surface area (Å²) in [4.78, 5) is 30.6. The molecule has 43 heavy (non-hydrogen) atoms. The maximum Gasteiger partial charge on any atom is 0.303 e. The highest BCUT2D eigenvalue weighted by atomic mass is 16.6.